The number of carbonyl (C=O) groups is 2. The number of rotatable bonds is 5. The van der Waals surface area contributed by atoms with Gasteiger partial charge in [0, 0.05) is 6.04 Å². The summed E-state index contributed by atoms with van der Waals surface area (Å²) in [7, 11) is 1.52. The Morgan fingerprint density at radius 3 is 2.71 bits per heavy atom. The molecule has 0 radical (unpaired) electrons. The Hall–Kier alpha value is -2.08. The minimum atomic E-state index is -0.814. The zero-order valence-corrected chi connectivity index (χ0v) is 12.9. The Morgan fingerprint density at radius 1 is 1.43 bits per heavy atom. The van der Waals surface area contributed by atoms with Gasteiger partial charge in [-0.05, 0) is 37.1 Å². The number of nitrogens with one attached hydrogen (secondary N) is 2. The van der Waals surface area contributed by atoms with Gasteiger partial charge >= 0.3 is 11.8 Å². The van der Waals surface area contributed by atoms with Crippen LogP contribution in [-0.2, 0) is 9.59 Å². The molecule has 1 atom stereocenters. The molecule has 7 heteroatoms. The molecule has 1 aromatic rings. The lowest BCUT2D eigenvalue weighted by atomic mass is 10.2. The second-order valence-corrected chi connectivity index (χ2v) is 4.78. The lowest BCUT2D eigenvalue weighted by Crippen LogP contribution is -2.41. The van der Waals surface area contributed by atoms with Crippen molar-refractivity contribution in [1.82, 2.24) is 10.7 Å². The van der Waals surface area contributed by atoms with Crippen molar-refractivity contribution >= 4 is 29.6 Å². The van der Waals surface area contributed by atoms with Gasteiger partial charge < -0.3 is 10.1 Å². The highest BCUT2D eigenvalue weighted by Gasteiger charge is 2.14. The van der Waals surface area contributed by atoms with Crippen LogP contribution in [0.2, 0.25) is 5.02 Å². The van der Waals surface area contributed by atoms with Gasteiger partial charge in [-0.25, -0.2) is 5.43 Å². The molecule has 114 valence electrons. The molecule has 0 aliphatic carbocycles. The molecular formula is C14H18ClN3O3. The summed E-state index contributed by atoms with van der Waals surface area (Å²) in [5, 5.41) is 6.68. The molecule has 0 fully saturated rings. The first-order chi connectivity index (χ1) is 9.97. The van der Waals surface area contributed by atoms with Gasteiger partial charge in [0.25, 0.3) is 0 Å². The molecule has 2 N–H and O–H groups in total. The van der Waals surface area contributed by atoms with E-state index in [2.05, 4.69) is 15.8 Å². The topological polar surface area (TPSA) is 79.8 Å². The Balaban J connectivity index is 2.56. The Bertz CT molecular complexity index is 546. The Kier molecular flexibility index (Phi) is 6.68. The highest BCUT2D eigenvalue weighted by molar-refractivity contribution is 6.35. The maximum Gasteiger partial charge on any atom is 0.329 e. The number of hydrazone groups is 1. The van der Waals surface area contributed by atoms with Crippen molar-refractivity contribution in [3.05, 3.63) is 28.8 Å². The van der Waals surface area contributed by atoms with Crippen LogP contribution >= 0.6 is 11.6 Å². The van der Waals surface area contributed by atoms with Gasteiger partial charge in [-0.1, -0.05) is 18.5 Å². The van der Waals surface area contributed by atoms with Crippen LogP contribution in [0.4, 0.5) is 0 Å². The molecule has 2 amide bonds. The predicted octanol–water partition coefficient (Wildman–Crippen LogP) is 1.71. The summed E-state index contributed by atoms with van der Waals surface area (Å²) in [5.41, 5.74) is 2.82. The van der Waals surface area contributed by atoms with E-state index in [1.165, 1.54) is 13.3 Å². The molecule has 0 spiro atoms. The zero-order chi connectivity index (χ0) is 15.8. The molecule has 1 rings (SSSR count). The van der Waals surface area contributed by atoms with Gasteiger partial charge in [0.05, 0.1) is 18.3 Å². The van der Waals surface area contributed by atoms with Gasteiger partial charge in [0.15, 0.2) is 0 Å². The standard InChI is InChI=1S/C14H18ClN3O3/c1-4-9(2)17-13(19)14(20)18-16-8-10-5-6-12(21-3)11(15)7-10/h5-9H,4H2,1-3H3,(H,17,19)(H,18,20)/b16-8-/t9-/m1/s1. The number of halogens is 1. The summed E-state index contributed by atoms with van der Waals surface area (Å²) in [4.78, 5) is 22.9. The van der Waals surface area contributed by atoms with E-state index < -0.39 is 11.8 Å². The normalized spacial score (nSPS) is 12.0. The fourth-order valence-electron chi connectivity index (χ4n) is 1.37. The third-order valence-corrected chi connectivity index (χ3v) is 3.05. The van der Waals surface area contributed by atoms with Crippen molar-refractivity contribution < 1.29 is 14.3 Å². The fourth-order valence-corrected chi connectivity index (χ4v) is 1.64. The quantitative estimate of drug-likeness (QED) is 0.493. The van der Waals surface area contributed by atoms with Crippen LogP contribution < -0.4 is 15.5 Å². The third-order valence-electron chi connectivity index (χ3n) is 2.75. The van der Waals surface area contributed by atoms with Crippen molar-refractivity contribution in [2.75, 3.05) is 7.11 Å². The molecule has 1 aromatic carbocycles. The summed E-state index contributed by atoms with van der Waals surface area (Å²) in [6.45, 7) is 3.72. The van der Waals surface area contributed by atoms with E-state index in [0.717, 1.165) is 6.42 Å². The van der Waals surface area contributed by atoms with E-state index in [1.54, 1.807) is 18.2 Å². The van der Waals surface area contributed by atoms with Crippen molar-refractivity contribution in [2.45, 2.75) is 26.3 Å². The molecule has 21 heavy (non-hydrogen) atoms. The van der Waals surface area contributed by atoms with E-state index >= 15 is 0 Å². The summed E-state index contributed by atoms with van der Waals surface area (Å²) in [6, 6.07) is 4.98. The average Bonchev–Trinajstić information content (AvgIpc) is 2.47. The van der Waals surface area contributed by atoms with Crippen LogP contribution in [0.1, 0.15) is 25.8 Å². The molecule has 0 bridgehead atoms. The van der Waals surface area contributed by atoms with Gasteiger partial charge in [-0.15, -0.1) is 0 Å². The number of ether oxygens (including phenoxy) is 1. The van der Waals surface area contributed by atoms with Gasteiger partial charge in [0.1, 0.15) is 5.75 Å². The van der Waals surface area contributed by atoms with E-state index in [1.807, 2.05) is 13.8 Å². The maximum absolute atomic E-state index is 11.5. The first-order valence-corrected chi connectivity index (χ1v) is 6.83. The van der Waals surface area contributed by atoms with Gasteiger partial charge in [-0.3, -0.25) is 9.59 Å². The van der Waals surface area contributed by atoms with Crippen LogP contribution in [0.3, 0.4) is 0 Å². The molecule has 0 saturated heterocycles. The van der Waals surface area contributed by atoms with Crippen molar-refractivity contribution in [3.63, 3.8) is 0 Å². The van der Waals surface area contributed by atoms with E-state index in [9.17, 15) is 9.59 Å². The average molecular weight is 312 g/mol. The predicted molar refractivity (Wildman–Crippen MR) is 81.6 cm³/mol. The van der Waals surface area contributed by atoms with Gasteiger partial charge in [-0.2, -0.15) is 5.10 Å². The highest BCUT2D eigenvalue weighted by atomic mass is 35.5. The molecule has 0 aliphatic heterocycles. The monoisotopic (exact) mass is 311 g/mol. The van der Waals surface area contributed by atoms with Crippen molar-refractivity contribution in [1.29, 1.82) is 0 Å². The number of methoxy groups -OCH3 is 1. The molecule has 6 nitrogen and oxygen atoms in total. The Morgan fingerprint density at radius 2 is 2.14 bits per heavy atom. The second kappa shape index (κ2) is 8.26. The summed E-state index contributed by atoms with van der Waals surface area (Å²) >= 11 is 5.96. The summed E-state index contributed by atoms with van der Waals surface area (Å²) in [6.07, 6.45) is 2.13. The zero-order valence-electron chi connectivity index (χ0n) is 12.1. The third kappa shape index (κ3) is 5.43. The minimum absolute atomic E-state index is 0.0624. The molecule has 0 heterocycles. The highest BCUT2D eigenvalue weighted by Crippen LogP contribution is 2.24. The fraction of sp³-hybridized carbons (Fsp3) is 0.357. The van der Waals surface area contributed by atoms with Crippen molar-refractivity contribution in [2.24, 2.45) is 5.10 Å². The van der Waals surface area contributed by atoms with Gasteiger partial charge in [0.2, 0.25) is 0 Å². The lowest BCUT2D eigenvalue weighted by Gasteiger charge is -2.09. The van der Waals surface area contributed by atoms with Crippen LogP contribution in [0, 0.1) is 0 Å². The summed E-state index contributed by atoms with van der Waals surface area (Å²) < 4.78 is 5.02. The van der Waals surface area contributed by atoms with E-state index in [0.29, 0.717) is 16.3 Å². The molecule has 0 saturated carbocycles. The molecule has 0 aliphatic rings. The molecule has 0 aromatic heterocycles. The van der Waals surface area contributed by atoms with E-state index in [4.69, 9.17) is 16.3 Å². The van der Waals surface area contributed by atoms with Crippen LogP contribution in [0.15, 0.2) is 23.3 Å². The second-order valence-electron chi connectivity index (χ2n) is 4.38. The van der Waals surface area contributed by atoms with E-state index in [-0.39, 0.29) is 6.04 Å². The SMILES string of the molecule is CC[C@@H](C)NC(=O)C(=O)N/N=C\c1ccc(OC)c(Cl)c1. The van der Waals surface area contributed by atoms with Crippen LogP contribution in [0.25, 0.3) is 0 Å². The first-order valence-electron chi connectivity index (χ1n) is 6.45. The number of hydrogen-bond donors (Lipinski definition) is 2. The lowest BCUT2D eigenvalue weighted by molar-refractivity contribution is -0.139. The number of benzene rings is 1. The number of hydrogen-bond acceptors (Lipinski definition) is 4. The minimum Gasteiger partial charge on any atom is -0.495 e. The number of nitrogens with zero attached hydrogens (tertiary/aromatic N) is 1. The molecular weight excluding hydrogens is 294 g/mol. The van der Waals surface area contributed by atoms with Crippen LogP contribution in [0.5, 0.6) is 5.75 Å². The van der Waals surface area contributed by atoms with Crippen LogP contribution in [-0.4, -0.2) is 31.2 Å². The van der Waals surface area contributed by atoms with Crippen molar-refractivity contribution in [3.8, 4) is 5.75 Å². The smallest absolute Gasteiger partial charge is 0.329 e. The molecule has 0 unspecified atom stereocenters. The Labute approximate surface area is 128 Å². The number of carbonyl (C=O) groups excluding carboxylic acids is 2. The first kappa shape index (κ1) is 17.0. The maximum atomic E-state index is 11.5. The summed E-state index contributed by atoms with van der Waals surface area (Å²) in [5.74, 6) is -0.980. The number of amides is 2. The largest absolute Gasteiger partial charge is 0.495 e.